The Morgan fingerprint density at radius 1 is 1.53 bits per heavy atom. The molecular formula is C10H12N2O5. The van der Waals surface area contributed by atoms with Crippen molar-refractivity contribution in [3.63, 3.8) is 0 Å². The lowest BCUT2D eigenvalue weighted by atomic mass is 10.2. The zero-order valence-electron chi connectivity index (χ0n) is 9.34. The number of aromatic hydroxyl groups is 1. The SMILES string of the molecule is CC(C)OC(=O)Nc1ccc([N+](=O)[O-])cc1O. The standard InChI is InChI=1S/C10H12N2O5/c1-6(2)17-10(14)11-8-4-3-7(12(15)16)5-9(8)13/h3-6,13H,1-2H3,(H,11,14). The number of hydrogen-bond acceptors (Lipinski definition) is 5. The van der Waals surface area contributed by atoms with Crippen molar-refractivity contribution < 1.29 is 19.6 Å². The van der Waals surface area contributed by atoms with E-state index in [2.05, 4.69) is 5.32 Å². The summed E-state index contributed by atoms with van der Waals surface area (Å²) in [6.07, 6.45) is -1.03. The van der Waals surface area contributed by atoms with Gasteiger partial charge in [0.25, 0.3) is 5.69 Å². The van der Waals surface area contributed by atoms with Crippen LogP contribution in [-0.2, 0) is 4.74 Å². The molecule has 0 fully saturated rings. The largest absolute Gasteiger partial charge is 0.506 e. The van der Waals surface area contributed by atoms with E-state index in [0.717, 1.165) is 6.07 Å². The molecule has 0 aliphatic heterocycles. The minimum atomic E-state index is -0.732. The number of amides is 1. The average Bonchev–Trinajstić information content (AvgIpc) is 2.19. The molecule has 0 aliphatic rings. The zero-order valence-corrected chi connectivity index (χ0v) is 9.34. The minimum Gasteiger partial charge on any atom is -0.506 e. The normalized spacial score (nSPS) is 10.1. The van der Waals surface area contributed by atoms with E-state index in [4.69, 9.17) is 4.74 Å². The summed E-state index contributed by atoms with van der Waals surface area (Å²) in [5.74, 6) is -0.389. The molecule has 17 heavy (non-hydrogen) atoms. The minimum absolute atomic E-state index is 0.0567. The molecule has 0 radical (unpaired) electrons. The van der Waals surface area contributed by atoms with Gasteiger partial charge in [0.15, 0.2) is 0 Å². The predicted octanol–water partition coefficient (Wildman–Crippen LogP) is 2.26. The number of benzene rings is 1. The zero-order chi connectivity index (χ0) is 13.0. The molecule has 7 heteroatoms. The van der Waals surface area contributed by atoms with E-state index in [9.17, 15) is 20.0 Å². The first-order valence-electron chi connectivity index (χ1n) is 4.85. The van der Waals surface area contributed by atoms with Gasteiger partial charge in [0, 0.05) is 6.07 Å². The number of anilines is 1. The lowest BCUT2D eigenvalue weighted by molar-refractivity contribution is -0.384. The van der Waals surface area contributed by atoms with Crippen molar-refractivity contribution in [3.8, 4) is 5.75 Å². The summed E-state index contributed by atoms with van der Waals surface area (Å²) in [5.41, 5.74) is -0.202. The van der Waals surface area contributed by atoms with Crippen LogP contribution < -0.4 is 5.32 Å². The Hall–Kier alpha value is -2.31. The first kappa shape index (κ1) is 12.8. The van der Waals surface area contributed by atoms with Crippen LogP contribution in [0.2, 0.25) is 0 Å². The molecule has 0 saturated heterocycles. The maximum atomic E-state index is 11.2. The molecule has 1 aromatic carbocycles. The van der Waals surface area contributed by atoms with Crippen molar-refractivity contribution in [1.29, 1.82) is 0 Å². The fourth-order valence-corrected chi connectivity index (χ4v) is 1.09. The van der Waals surface area contributed by atoms with Gasteiger partial charge in [0.1, 0.15) is 5.75 Å². The quantitative estimate of drug-likeness (QED) is 0.479. The van der Waals surface area contributed by atoms with Crippen LogP contribution >= 0.6 is 0 Å². The maximum Gasteiger partial charge on any atom is 0.411 e. The molecule has 1 aromatic rings. The fraction of sp³-hybridized carbons (Fsp3) is 0.300. The summed E-state index contributed by atoms with van der Waals surface area (Å²) in [5, 5.41) is 22.1. The van der Waals surface area contributed by atoms with Crippen LogP contribution in [0, 0.1) is 10.1 Å². The van der Waals surface area contributed by atoms with Crippen molar-refractivity contribution >= 4 is 17.5 Å². The Balaban J connectivity index is 2.79. The van der Waals surface area contributed by atoms with E-state index in [1.165, 1.54) is 12.1 Å². The lowest BCUT2D eigenvalue weighted by Gasteiger charge is -2.10. The summed E-state index contributed by atoms with van der Waals surface area (Å²) in [6.45, 7) is 3.35. The number of nitrogens with zero attached hydrogens (tertiary/aromatic N) is 1. The van der Waals surface area contributed by atoms with Crippen LogP contribution in [0.1, 0.15) is 13.8 Å². The van der Waals surface area contributed by atoms with Crippen LogP contribution in [0.3, 0.4) is 0 Å². The molecule has 0 atom stereocenters. The molecule has 7 nitrogen and oxygen atoms in total. The van der Waals surface area contributed by atoms with Gasteiger partial charge in [-0.2, -0.15) is 0 Å². The van der Waals surface area contributed by atoms with E-state index >= 15 is 0 Å². The Labute approximate surface area is 97.2 Å². The van der Waals surface area contributed by atoms with Crippen LogP contribution in [-0.4, -0.2) is 22.2 Å². The molecule has 0 unspecified atom stereocenters. The first-order chi connectivity index (χ1) is 7.90. The molecule has 1 amide bonds. The predicted molar refractivity (Wildman–Crippen MR) is 60.0 cm³/mol. The monoisotopic (exact) mass is 240 g/mol. The Morgan fingerprint density at radius 3 is 2.65 bits per heavy atom. The van der Waals surface area contributed by atoms with Gasteiger partial charge in [0.05, 0.1) is 22.8 Å². The molecule has 92 valence electrons. The molecule has 0 bridgehead atoms. The number of hydrogen-bond donors (Lipinski definition) is 2. The van der Waals surface area contributed by atoms with Crippen LogP contribution in [0.25, 0.3) is 0 Å². The third kappa shape index (κ3) is 3.63. The smallest absolute Gasteiger partial charge is 0.411 e. The summed E-state index contributed by atoms with van der Waals surface area (Å²) in [4.78, 5) is 21.0. The second kappa shape index (κ2) is 5.15. The van der Waals surface area contributed by atoms with Gasteiger partial charge in [-0.15, -0.1) is 0 Å². The number of nitro groups is 1. The van der Waals surface area contributed by atoms with Crippen molar-refractivity contribution in [3.05, 3.63) is 28.3 Å². The highest BCUT2D eigenvalue weighted by molar-refractivity contribution is 5.87. The molecule has 0 saturated carbocycles. The maximum absolute atomic E-state index is 11.2. The number of phenols is 1. The van der Waals surface area contributed by atoms with E-state index in [1.54, 1.807) is 13.8 Å². The van der Waals surface area contributed by atoms with Crippen molar-refractivity contribution in [1.82, 2.24) is 0 Å². The first-order valence-corrected chi connectivity index (χ1v) is 4.85. The second-order valence-corrected chi connectivity index (χ2v) is 3.54. The summed E-state index contributed by atoms with van der Waals surface area (Å²) >= 11 is 0. The molecule has 0 aliphatic carbocycles. The third-order valence-electron chi connectivity index (χ3n) is 1.77. The Bertz CT molecular complexity index is 444. The lowest BCUT2D eigenvalue weighted by Crippen LogP contribution is -2.18. The summed E-state index contributed by atoms with van der Waals surface area (Å²) < 4.78 is 4.79. The number of nitrogens with one attached hydrogen (secondary N) is 1. The van der Waals surface area contributed by atoms with E-state index in [0.29, 0.717) is 0 Å². The number of phenolic OH excluding ortho intramolecular Hbond substituents is 1. The Kier molecular flexibility index (Phi) is 3.86. The summed E-state index contributed by atoms with van der Waals surface area (Å²) in [6, 6.07) is 3.35. The number of rotatable bonds is 3. The number of carbonyl (C=O) groups excluding carboxylic acids is 1. The van der Waals surface area contributed by atoms with Gasteiger partial charge in [0.2, 0.25) is 0 Å². The van der Waals surface area contributed by atoms with Gasteiger partial charge in [-0.25, -0.2) is 4.79 Å². The van der Waals surface area contributed by atoms with Crippen LogP contribution in [0.4, 0.5) is 16.2 Å². The highest BCUT2D eigenvalue weighted by Gasteiger charge is 2.13. The molecule has 0 heterocycles. The molecule has 0 spiro atoms. The average molecular weight is 240 g/mol. The molecule has 2 N–H and O–H groups in total. The number of ether oxygens (including phenoxy) is 1. The number of nitro benzene ring substituents is 1. The Morgan fingerprint density at radius 2 is 2.18 bits per heavy atom. The van der Waals surface area contributed by atoms with Gasteiger partial charge in [-0.1, -0.05) is 0 Å². The topological polar surface area (TPSA) is 102 Å². The highest BCUT2D eigenvalue weighted by Crippen LogP contribution is 2.27. The van der Waals surface area contributed by atoms with Gasteiger partial charge in [-0.3, -0.25) is 15.4 Å². The van der Waals surface area contributed by atoms with E-state index in [1.807, 2.05) is 0 Å². The van der Waals surface area contributed by atoms with Crippen LogP contribution in [0.5, 0.6) is 5.75 Å². The molecular weight excluding hydrogens is 228 g/mol. The van der Waals surface area contributed by atoms with Crippen molar-refractivity contribution in [2.24, 2.45) is 0 Å². The molecule has 0 aromatic heterocycles. The van der Waals surface area contributed by atoms with Gasteiger partial charge < -0.3 is 9.84 Å². The summed E-state index contributed by atoms with van der Waals surface area (Å²) in [7, 11) is 0. The van der Waals surface area contributed by atoms with Crippen LogP contribution in [0.15, 0.2) is 18.2 Å². The molecule has 1 rings (SSSR count). The third-order valence-corrected chi connectivity index (χ3v) is 1.77. The van der Waals surface area contributed by atoms with Gasteiger partial charge >= 0.3 is 6.09 Å². The second-order valence-electron chi connectivity index (χ2n) is 3.54. The van der Waals surface area contributed by atoms with Crippen molar-refractivity contribution in [2.75, 3.05) is 5.32 Å². The fourth-order valence-electron chi connectivity index (χ4n) is 1.09. The number of carbonyl (C=O) groups is 1. The number of non-ortho nitro benzene ring substituents is 1. The van der Waals surface area contributed by atoms with Gasteiger partial charge in [-0.05, 0) is 19.9 Å². The van der Waals surface area contributed by atoms with E-state index in [-0.39, 0.29) is 23.2 Å². The van der Waals surface area contributed by atoms with Crippen molar-refractivity contribution in [2.45, 2.75) is 20.0 Å². The van der Waals surface area contributed by atoms with E-state index < -0.39 is 11.0 Å². The highest BCUT2D eigenvalue weighted by atomic mass is 16.6.